The van der Waals surface area contributed by atoms with E-state index in [4.69, 9.17) is 28.3 Å². The van der Waals surface area contributed by atoms with Gasteiger partial charge in [0.05, 0.1) is 10.0 Å². The molecule has 1 rings (SSSR count). The fraction of sp³-hybridized carbons (Fsp3) is 0. The van der Waals surface area contributed by atoms with Crippen LogP contribution in [-0.2, 0) is 4.79 Å². The van der Waals surface area contributed by atoms with Crippen LogP contribution in [0.1, 0.15) is 5.56 Å². The Morgan fingerprint density at radius 1 is 1.40 bits per heavy atom. The summed E-state index contributed by atoms with van der Waals surface area (Å²) in [6.07, 6.45) is 0.777. The maximum absolute atomic E-state index is 12.8. The number of rotatable bonds is 2. The fourth-order valence-corrected chi connectivity index (χ4v) is 2.20. The molecule has 1 aromatic rings. The van der Waals surface area contributed by atoms with Gasteiger partial charge in [0.1, 0.15) is 0 Å². The van der Waals surface area contributed by atoms with Crippen molar-refractivity contribution in [3.63, 3.8) is 0 Å². The molecule has 0 aromatic heterocycles. The largest absolute Gasteiger partial charge is 0.476 e. The molecule has 1 N–H and O–H groups in total. The highest BCUT2D eigenvalue weighted by Gasteiger charge is 2.10. The SMILES string of the molecule is O=C(O)C(F)=Cc1c(Cl)cc(Br)cc1Cl. The third-order valence-electron chi connectivity index (χ3n) is 1.52. The third-order valence-corrected chi connectivity index (χ3v) is 2.60. The number of hydrogen-bond acceptors (Lipinski definition) is 1. The third kappa shape index (κ3) is 3.19. The molecule has 0 bridgehead atoms. The summed E-state index contributed by atoms with van der Waals surface area (Å²) in [6.45, 7) is 0. The maximum Gasteiger partial charge on any atom is 0.364 e. The lowest BCUT2D eigenvalue weighted by Gasteiger charge is -2.02. The van der Waals surface area contributed by atoms with Crippen molar-refractivity contribution in [3.05, 3.63) is 38.0 Å². The lowest BCUT2D eigenvalue weighted by Crippen LogP contribution is -1.94. The van der Waals surface area contributed by atoms with Gasteiger partial charge in [-0.3, -0.25) is 0 Å². The number of carbonyl (C=O) groups is 1. The Morgan fingerprint density at radius 2 is 1.87 bits per heavy atom. The van der Waals surface area contributed by atoms with E-state index in [2.05, 4.69) is 15.9 Å². The van der Waals surface area contributed by atoms with Gasteiger partial charge in [0, 0.05) is 10.0 Å². The topological polar surface area (TPSA) is 37.3 Å². The van der Waals surface area contributed by atoms with E-state index >= 15 is 0 Å². The standard InChI is InChI=1S/C9H4BrCl2FO2/c10-4-1-6(11)5(7(12)2-4)3-8(13)9(14)15/h1-3H,(H,14,15). The van der Waals surface area contributed by atoms with Gasteiger partial charge >= 0.3 is 5.97 Å². The summed E-state index contributed by atoms with van der Waals surface area (Å²) in [5, 5.41) is 8.69. The molecule has 1 aromatic carbocycles. The number of carboxylic acids is 1. The predicted octanol–water partition coefficient (Wildman–Crippen LogP) is 4.15. The molecular formula is C9H4BrCl2FO2. The van der Waals surface area contributed by atoms with Crippen LogP contribution in [0.3, 0.4) is 0 Å². The van der Waals surface area contributed by atoms with E-state index in [1.54, 1.807) is 0 Å². The Labute approximate surface area is 103 Å². The highest BCUT2D eigenvalue weighted by atomic mass is 79.9. The number of carboxylic acid groups (broad SMARTS) is 1. The molecule has 2 nitrogen and oxygen atoms in total. The van der Waals surface area contributed by atoms with Gasteiger partial charge in [-0.05, 0) is 18.2 Å². The van der Waals surface area contributed by atoms with Crippen molar-refractivity contribution in [3.8, 4) is 0 Å². The van der Waals surface area contributed by atoms with Crippen LogP contribution in [0.25, 0.3) is 6.08 Å². The molecule has 0 unspecified atom stereocenters. The molecule has 0 atom stereocenters. The molecule has 0 radical (unpaired) electrons. The smallest absolute Gasteiger partial charge is 0.364 e. The van der Waals surface area contributed by atoms with Crippen molar-refractivity contribution in [1.82, 2.24) is 0 Å². The van der Waals surface area contributed by atoms with Crippen LogP contribution in [0.4, 0.5) is 4.39 Å². The van der Waals surface area contributed by atoms with Gasteiger partial charge < -0.3 is 5.11 Å². The second kappa shape index (κ2) is 4.96. The van der Waals surface area contributed by atoms with Crippen LogP contribution >= 0.6 is 39.1 Å². The van der Waals surface area contributed by atoms with E-state index in [-0.39, 0.29) is 15.6 Å². The predicted molar refractivity (Wildman–Crippen MR) is 60.9 cm³/mol. The van der Waals surface area contributed by atoms with E-state index in [0.717, 1.165) is 6.08 Å². The van der Waals surface area contributed by atoms with Gasteiger partial charge in [-0.25, -0.2) is 4.79 Å². The summed E-state index contributed by atoms with van der Waals surface area (Å²) >= 11 is 14.7. The van der Waals surface area contributed by atoms with Crippen molar-refractivity contribution in [2.75, 3.05) is 0 Å². The minimum atomic E-state index is -1.66. The monoisotopic (exact) mass is 312 g/mol. The molecule has 0 amide bonds. The lowest BCUT2D eigenvalue weighted by atomic mass is 10.2. The molecule has 0 saturated carbocycles. The summed E-state index contributed by atoms with van der Waals surface area (Å²) < 4.78 is 13.4. The zero-order valence-electron chi connectivity index (χ0n) is 7.10. The van der Waals surface area contributed by atoms with E-state index < -0.39 is 11.8 Å². The molecule has 0 saturated heterocycles. The molecule has 6 heteroatoms. The van der Waals surface area contributed by atoms with Crippen LogP contribution in [0.15, 0.2) is 22.4 Å². The fourth-order valence-electron chi connectivity index (χ4n) is 0.880. The first kappa shape index (κ1) is 12.5. The van der Waals surface area contributed by atoms with Crippen molar-refractivity contribution in [2.45, 2.75) is 0 Å². The Kier molecular flexibility index (Phi) is 4.13. The second-order valence-electron chi connectivity index (χ2n) is 2.58. The molecule has 0 aliphatic heterocycles. The quantitative estimate of drug-likeness (QED) is 0.833. The van der Waals surface area contributed by atoms with Gasteiger partial charge in [0.15, 0.2) is 0 Å². The summed E-state index contributed by atoms with van der Waals surface area (Å²) in [5.41, 5.74) is 0.140. The molecule has 0 heterocycles. The van der Waals surface area contributed by atoms with Gasteiger partial charge in [0.2, 0.25) is 5.83 Å². The van der Waals surface area contributed by atoms with Crippen LogP contribution in [-0.4, -0.2) is 11.1 Å². The Balaban J connectivity index is 3.27. The average molecular weight is 314 g/mol. The highest BCUT2D eigenvalue weighted by molar-refractivity contribution is 9.10. The van der Waals surface area contributed by atoms with Gasteiger partial charge in [0.25, 0.3) is 0 Å². The molecule has 0 fully saturated rings. The van der Waals surface area contributed by atoms with Gasteiger partial charge in [-0.2, -0.15) is 4.39 Å². The Hall–Kier alpha value is -0.580. The van der Waals surface area contributed by atoms with Crippen molar-refractivity contribution < 1.29 is 14.3 Å². The van der Waals surface area contributed by atoms with E-state index in [0.29, 0.717) is 4.47 Å². The van der Waals surface area contributed by atoms with Crippen molar-refractivity contribution in [1.29, 1.82) is 0 Å². The summed E-state index contributed by atoms with van der Waals surface area (Å²) in [6, 6.07) is 2.99. The number of halogens is 4. The lowest BCUT2D eigenvalue weighted by molar-refractivity contribution is -0.134. The zero-order chi connectivity index (χ0) is 11.6. The first-order valence-corrected chi connectivity index (χ1v) is 5.21. The minimum Gasteiger partial charge on any atom is -0.476 e. The molecule has 80 valence electrons. The Morgan fingerprint density at radius 3 is 2.27 bits per heavy atom. The normalized spacial score (nSPS) is 11.6. The number of benzene rings is 1. The van der Waals surface area contributed by atoms with E-state index in [9.17, 15) is 9.18 Å². The zero-order valence-corrected chi connectivity index (χ0v) is 10.2. The van der Waals surface area contributed by atoms with Gasteiger partial charge in [-0.1, -0.05) is 39.1 Å². The Bertz CT molecular complexity index is 423. The van der Waals surface area contributed by atoms with Crippen molar-refractivity contribution >= 4 is 51.2 Å². The minimum absolute atomic E-state index is 0.140. The van der Waals surface area contributed by atoms with Crippen LogP contribution < -0.4 is 0 Å². The number of hydrogen-bond donors (Lipinski definition) is 1. The van der Waals surface area contributed by atoms with E-state index in [1.165, 1.54) is 12.1 Å². The van der Waals surface area contributed by atoms with Crippen LogP contribution in [0.5, 0.6) is 0 Å². The number of aliphatic carboxylic acids is 1. The molecule has 0 aliphatic rings. The van der Waals surface area contributed by atoms with Crippen LogP contribution in [0, 0.1) is 0 Å². The molecule has 15 heavy (non-hydrogen) atoms. The summed E-state index contributed by atoms with van der Waals surface area (Å²) in [4.78, 5) is 10.3. The summed E-state index contributed by atoms with van der Waals surface area (Å²) in [5.74, 6) is -2.98. The molecule has 0 spiro atoms. The van der Waals surface area contributed by atoms with Crippen LogP contribution in [0.2, 0.25) is 10.0 Å². The van der Waals surface area contributed by atoms with Gasteiger partial charge in [-0.15, -0.1) is 0 Å². The molecule has 0 aliphatic carbocycles. The second-order valence-corrected chi connectivity index (χ2v) is 4.31. The first-order valence-electron chi connectivity index (χ1n) is 3.67. The average Bonchev–Trinajstić information content (AvgIpc) is 2.10. The van der Waals surface area contributed by atoms with Crippen molar-refractivity contribution in [2.24, 2.45) is 0 Å². The first-order chi connectivity index (χ1) is 6.91. The maximum atomic E-state index is 12.8. The van der Waals surface area contributed by atoms with E-state index in [1.807, 2.05) is 0 Å². The highest BCUT2D eigenvalue weighted by Crippen LogP contribution is 2.31. The summed E-state index contributed by atoms with van der Waals surface area (Å²) in [7, 11) is 0. The molecular weight excluding hydrogens is 310 g/mol.